The molecule has 0 saturated carbocycles. The number of aromatic nitrogens is 2. The first-order valence-electron chi connectivity index (χ1n) is 8.31. The van der Waals surface area contributed by atoms with Crippen molar-refractivity contribution < 1.29 is 9.53 Å². The first-order valence-corrected chi connectivity index (χ1v) is 8.69. The van der Waals surface area contributed by atoms with E-state index in [4.69, 9.17) is 16.3 Å². The van der Waals surface area contributed by atoms with Crippen LogP contribution in [0, 0.1) is 0 Å². The lowest BCUT2D eigenvalue weighted by Gasteiger charge is -2.36. The number of rotatable bonds is 5. The van der Waals surface area contributed by atoms with Gasteiger partial charge in [-0.25, -0.2) is 0 Å². The van der Waals surface area contributed by atoms with E-state index in [2.05, 4.69) is 5.10 Å². The Morgan fingerprint density at radius 1 is 1.42 bits per heavy atom. The van der Waals surface area contributed by atoms with E-state index in [1.165, 1.54) is 0 Å². The number of amides is 1. The van der Waals surface area contributed by atoms with Crippen LogP contribution >= 0.6 is 11.6 Å². The maximum atomic E-state index is 13.1. The molecule has 1 saturated heterocycles. The molecule has 0 radical (unpaired) electrons. The number of nitrogens with zero attached hydrogens (tertiary/aromatic N) is 3. The Balaban J connectivity index is 1.77. The van der Waals surface area contributed by atoms with E-state index < -0.39 is 0 Å². The predicted octanol–water partition coefficient (Wildman–Crippen LogP) is 3.63. The van der Waals surface area contributed by atoms with Crippen LogP contribution in [0.5, 0.6) is 5.75 Å². The Kier molecular flexibility index (Phi) is 5.41. The molecule has 1 aromatic carbocycles. The highest BCUT2D eigenvalue weighted by Gasteiger charge is 2.29. The molecule has 0 spiro atoms. The number of halogens is 1. The molecule has 5 nitrogen and oxygen atoms in total. The number of benzene rings is 1. The molecule has 1 atom stereocenters. The highest BCUT2D eigenvalue weighted by Crippen LogP contribution is 2.28. The molecule has 0 bridgehead atoms. The number of likely N-dealkylation sites (tertiary alicyclic amines) is 1. The summed E-state index contributed by atoms with van der Waals surface area (Å²) in [5.41, 5.74) is 0.538. The molecule has 1 aromatic heterocycles. The Hall–Kier alpha value is -2.01. The number of aryl methyl sites for hydroxylation is 1. The molecule has 0 aliphatic carbocycles. The van der Waals surface area contributed by atoms with Gasteiger partial charge in [0.05, 0.1) is 12.7 Å². The zero-order valence-electron chi connectivity index (χ0n) is 13.8. The van der Waals surface area contributed by atoms with Crippen LogP contribution < -0.4 is 4.74 Å². The van der Waals surface area contributed by atoms with E-state index in [9.17, 15) is 4.79 Å². The second kappa shape index (κ2) is 7.71. The van der Waals surface area contributed by atoms with Crippen LogP contribution in [0.1, 0.15) is 36.0 Å². The predicted molar refractivity (Wildman–Crippen MR) is 93.5 cm³/mol. The van der Waals surface area contributed by atoms with E-state index in [0.29, 0.717) is 16.3 Å². The Morgan fingerprint density at radius 3 is 3.04 bits per heavy atom. The van der Waals surface area contributed by atoms with Crippen molar-refractivity contribution in [2.45, 2.75) is 38.3 Å². The summed E-state index contributed by atoms with van der Waals surface area (Å²) in [6.07, 6.45) is 7.84. The molecule has 1 unspecified atom stereocenters. The van der Waals surface area contributed by atoms with Crippen molar-refractivity contribution in [2.24, 2.45) is 0 Å². The number of methoxy groups -OCH3 is 1. The van der Waals surface area contributed by atoms with Crippen LogP contribution in [0.3, 0.4) is 0 Å². The maximum absolute atomic E-state index is 13.1. The highest BCUT2D eigenvalue weighted by molar-refractivity contribution is 6.31. The van der Waals surface area contributed by atoms with Crippen molar-refractivity contribution in [1.82, 2.24) is 14.7 Å². The number of piperidine rings is 1. The number of hydrogen-bond donors (Lipinski definition) is 0. The summed E-state index contributed by atoms with van der Waals surface area (Å²) < 4.78 is 7.26. The summed E-state index contributed by atoms with van der Waals surface area (Å²) in [6.45, 7) is 1.59. The molecule has 2 heterocycles. The Morgan fingerprint density at radius 2 is 2.29 bits per heavy atom. The van der Waals surface area contributed by atoms with Gasteiger partial charge in [-0.3, -0.25) is 9.48 Å². The molecule has 1 amide bonds. The van der Waals surface area contributed by atoms with Crippen molar-refractivity contribution in [1.29, 1.82) is 0 Å². The van der Waals surface area contributed by atoms with Gasteiger partial charge >= 0.3 is 0 Å². The molecule has 128 valence electrons. The van der Waals surface area contributed by atoms with E-state index in [-0.39, 0.29) is 11.9 Å². The molecule has 1 fully saturated rings. The molecule has 1 aliphatic rings. The topological polar surface area (TPSA) is 47.4 Å². The molecule has 6 heteroatoms. The number of carbonyl (C=O) groups is 1. The summed E-state index contributed by atoms with van der Waals surface area (Å²) >= 11 is 6.08. The van der Waals surface area contributed by atoms with Gasteiger partial charge in [0, 0.05) is 36.5 Å². The fourth-order valence-electron chi connectivity index (χ4n) is 3.28. The van der Waals surface area contributed by atoms with Crippen LogP contribution in [-0.2, 0) is 6.54 Å². The lowest BCUT2D eigenvalue weighted by atomic mass is 9.98. The van der Waals surface area contributed by atoms with Gasteiger partial charge < -0.3 is 9.64 Å². The zero-order valence-corrected chi connectivity index (χ0v) is 14.6. The lowest BCUT2D eigenvalue weighted by molar-refractivity contribution is 0.0590. The minimum atomic E-state index is -0.000449. The summed E-state index contributed by atoms with van der Waals surface area (Å²) in [5, 5.41) is 4.79. The van der Waals surface area contributed by atoms with Crippen molar-refractivity contribution in [3.63, 3.8) is 0 Å². The Bertz CT molecular complexity index is 688. The summed E-state index contributed by atoms with van der Waals surface area (Å²) in [7, 11) is 1.57. The minimum absolute atomic E-state index is 0.000449. The smallest absolute Gasteiger partial charge is 0.257 e. The monoisotopic (exact) mass is 347 g/mol. The summed E-state index contributed by atoms with van der Waals surface area (Å²) in [6, 6.07) is 7.32. The minimum Gasteiger partial charge on any atom is -0.496 e. The number of hydrogen-bond acceptors (Lipinski definition) is 3. The van der Waals surface area contributed by atoms with Crippen molar-refractivity contribution in [3.05, 3.63) is 47.2 Å². The summed E-state index contributed by atoms with van der Waals surface area (Å²) in [5.74, 6) is 0.570. The fraction of sp³-hybridized carbons (Fsp3) is 0.444. The summed E-state index contributed by atoms with van der Waals surface area (Å²) in [4.78, 5) is 15.0. The van der Waals surface area contributed by atoms with Gasteiger partial charge in [-0.2, -0.15) is 5.10 Å². The molecule has 1 aliphatic heterocycles. The normalized spacial score (nSPS) is 17.8. The van der Waals surface area contributed by atoms with Crippen molar-refractivity contribution in [2.75, 3.05) is 13.7 Å². The largest absolute Gasteiger partial charge is 0.496 e. The van der Waals surface area contributed by atoms with Crippen LogP contribution in [0.15, 0.2) is 36.7 Å². The highest BCUT2D eigenvalue weighted by atomic mass is 35.5. The molecule has 3 rings (SSSR count). The maximum Gasteiger partial charge on any atom is 0.257 e. The van der Waals surface area contributed by atoms with E-state index in [1.807, 2.05) is 21.8 Å². The third kappa shape index (κ3) is 3.73. The first-order chi connectivity index (χ1) is 11.7. The Labute approximate surface area is 147 Å². The van der Waals surface area contributed by atoms with Gasteiger partial charge in [-0.05, 0) is 49.9 Å². The standard InChI is InChI=1S/C18H22ClN3O2/c1-24-17-7-6-14(19)13-16(17)18(23)22-11-3-2-5-15(22)8-12-21-10-4-9-20-21/h4,6-7,9-10,13,15H,2-3,5,8,11-12H2,1H3. The van der Waals surface area contributed by atoms with Gasteiger partial charge in [-0.1, -0.05) is 11.6 Å². The average Bonchev–Trinajstić information content (AvgIpc) is 3.13. The second-order valence-electron chi connectivity index (χ2n) is 6.05. The van der Waals surface area contributed by atoms with Gasteiger partial charge in [0.1, 0.15) is 5.75 Å². The van der Waals surface area contributed by atoms with Gasteiger partial charge in [-0.15, -0.1) is 0 Å². The number of carbonyl (C=O) groups excluding carboxylic acids is 1. The number of ether oxygens (including phenoxy) is 1. The van der Waals surface area contributed by atoms with Crippen LogP contribution in [0.25, 0.3) is 0 Å². The lowest BCUT2D eigenvalue weighted by Crippen LogP contribution is -2.44. The van der Waals surface area contributed by atoms with Crippen molar-refractivity contribution >= 4 is 17.5 Å². The zero-order chi connectivity index (χ0) is 16.9. The first kappa shape index (κ1) is 16.8. The van der Waals surface area contributed by atoms with Gasteiger partial charge in [0.2, 0.25) is 0 Å². The van der Waals surface area contributed by atoms with Crippen LogP contribution in [0.2, 0.25) is 5.02 Å². The molecule has 2 aromatic rings. The fourth-order valence-corrected chi connectivity index (χ4v) is 3.46. The molecule has 0 N–H and O–H groups in total. The van der Waals surface area contributed by atoms with E-state index in [1.54, 1.807) is 31.5 Å². The third-order valence-electron chi connectivity index (χ3n) is 4.53. The second-order valence-corrected chi connectivity index (χ2v) is 6.49. The van der Waals surface area contributed by atoms with Crippen molar-refractivity contribution in [3.8, 4) is 5.75 Å². The van der Waals surface area contributed by atoms with Crippen LogP contribution in [-0.4, -0.2) is 40.3 Å². The molecule has 24 heavy (non-hydrogen) atoms. The van der Waals surface area contributed by atoms with Crippen LogP contribution in [0.4, 0.5) is 0 Å². The van der Waals surface area contributed by atoms with Gasteiger partial charge in [0.15, 0.2) is 0 Å². The average molecular weight is 348 g/mol. The molecular formula is C18H22ClN3O2. The SMILES string of the molecule is COc1ccc(Cl)cc1C(=O)N1CCCCC1CCn1cccn1. The van der Waals surface area contributed by atoms with E-state index >= 15 is 0 Å². The van der Waals surface area contributed by atoms with Gasteiger partial charge in [0.25, 0.3) is 5.91 Å². The quantitative estimate of drug-likeness (QED) is 0.829. The van der Waals surface area contributed by atoms with E-state index in [0.717, 1.165) is 38.8 Å². The third-order valence-corrected chi connectivity index (χ3v) is 4.77. The molecular weight excluding hydrogens is 326 g/mol.